The highest BCUT2D eigenvalue weighted by Gasteiger charge is 1.98. The minimum Gasteiger partial charge on any atom is -0.402 e. The predicted molar refractivity (Wildman–Crippen MR) is 52.0 cm³/mol. The number of carbonyl (C=O) groups excluding carboxylic acids is 1. The Morgan fingerprint density at radius 1 is 1.75 bits per heavy atom. The van der Waals surface area contributed by atoms with Crippen molar-refractivity contribution >= 4 is 17.4 Å². The molecule has 0 spiro atoms. The number of rotatable bonds is 5. The van der Waals surface area contributed by atoms with Crippen molar-refractivity contribution in [1.29, 1.82) is 0 Å². The summed E-state index contributed by atoms with van der Waals surface area (Å²) in [6, 6.07) is 0. The van der Waals surface area contributed by atoms with Crippen LogP contribution in [0.5, 0.6) is 0 Å². The third-order valence-electron chi connectivity index (χ3n) is 1.36. The first-order valence-corrected chi connectivity index (χ1v) is 4.26. The minimum atomic E-state index is -0.158. The van der Waals surface area contributed by atoms with Gasteiger partial charge in [-0.25, -0.2) is 0 Å². The molecule has 0 aromatic rings. The second-order valence-corrected chi connectivity index (χ2v) is 3.39. The molecule has 0 rings (SSSR count). The zero-order chi connectivity index (χ0) is 9.56. The molecule has 2 N–H and O–H groups in total. The van der Waals surface area contributed by atoms with E-state index in [-0.39, 0.29) is 11.2 Å². The number of halogens is 1. The Morgan fingerprint density at radius 2 is 2.33 bits per heavy atom. The fourth-order valence-corrected chi connectivity index (χ4v) is 0.788. The van der Waals surface area contributed by atoms with Crippen molar-refractivity contribution in [3.63, 3.8) is 0 Å². The van der Waals surface area contributed by atoms with Gasteiger partial charge in [-0.15, -0.1) is 11.6 Å². The average molecular weight is 188 g/mol. The molecule has 2 nitrogen and oxygen atoms in total. The van der Waals surface area contributed by atoms with Crippen LogP contribution < -0.4 is 5.73 Å². The zero-order valence-corrected chi connectivity index (χ0v) is 7.97. The maximum absolute atomic E-state index is 10.8. The van der Waals surface area contributed by atoms with Gasteiger partial charge in [-0.1, -0.05) is 6.58 Å². The molecule has 0 aromatic carbocycles. The number of hydrogen-bond donors (Lipinski definition) is 1. The second-order valence-electron chi connectivity index (χ2n) is 2.65. The summed E-state index contributed by atoms with van der Waals surface area (Å²) >= 11 is 5.70. The lowest BCUT2D eigenvalue weighted by Crippen LogP contribution is -2.03. The van der Waals surface area contributed by atoms with Crippen molar-refractivity contribution < 1.29 is 4.79 Å². The molecule has 3 heteroatoms. The lowest BCUT2D eigenvalue weighted by molar-refractivity contribution is -0.110. The summed E-state index contributed by atoms with van der Waals surface area (Å²) in [5, 5.41) is 0.0933. The Bertz CT molecular complexity index is 197. The fraction of sp³-hybridized carbons (Fsp3) is 0.444. The third-order valence-corrected chi connectivity index (χ3v) is 1.58. The van der Waals surface area contributed by atoms with Crippen LogP contribution in [0, 0.1) is 0 Å². The van der Waals surface area contributed by atoms with Crippen LogP contribution in [0.2, 0.25) is 0 Å². The van der Waals surface area contributed by atoms with Gasteiger partial charge in [0.2, 0.25) is 0 Å². The molecule has 12 heavy (non-hydrogen) atoms. The Labute approximate surface area is 78.1 Å². The monoisotopic (exact) mass is 187 g/mol. The summed E-state index contributed by atoms with van der Waals surface area (Å²) in [4.78, 5) is 10.8. The first-order valence-electron chi connectivity index (χ1n) is 3.82. The highest BCUT2D eigenvalue weighted by Crippen LogP contribution is 2.07. The molecular formula is C9H14ClNO. The Hall–Kier alpha value is -0.760. The molecule has 1 unspecified atom stereocenters. The normalized spacial score (nSPS) is 14.0. The summed E-state index contributed by atoms with van der Waals surface area (Å²) in [6.07, 6.45) is 4.06. The van der Waals surface area contributed by atoms with Gasteiger partial charge in [-0.05, 0) is 25.8 Å². The lowest BCUT2D eigenvalue weighted by Gasteiger charge is -2.01. The van der Waals surface area contributed by atoms with E-state index in [4.69, 9.17) is 17.3 Å². The van der Waals surface area contributed by atoms with E-state index in [1.54, 1.807) is 0 Å². The molecule has 68 valence electrons. The van der Waals surface area contributed by atoms with Gasteiger partial charge < -0.3 is 5.73 Å². The smallest absolute Gasteiger partial charge is 0.179 e. The third kappa shape index (κ3) is 5.98. The highest BCUT2D eigenvalue weighted by atomic mass is 35.5. The van der Waals surface area contributed by atoms with Crippen molar-refractivity contribution in [3.8, 4) is 0 Å². The van der Waals surface area contributed by atoms with Crippen LogP contribution in [-0.2, 0) is 4.79 Å². The molecule has 0 aromatic heterocycles. The summed E-state index contributed by atoms with van der Waals surface area (Å²) in [7, 11) is 0. The van der Waals surface area contributed by atoms with E-state index in [0.717, 1.165) is 6.42 Å². The fourth-order valence-electron chi connectivity index (χ4n) is 0.679. The molecule has 1 atom stereocenters. The van der Waals surface area contributed by atoms with Crippen molar-refractivity contribution in [2.75, 3.05) is 0 Å². The van der Waals surface area contributed by atoms with Crippen LogP contribution in [0.15, 0.2) is 24.4 Å². The second kappa shape index (κ2) is 5.84. The minimum absolute atomic E-state index is 0.0933. The van der Waals surface area contributed by atoms with Crippen molar-refractivity contribution in [2.24, 2.45) is 5.73 Å². The standard InChI is InChI=1S/C9H14ClNO/c1-3-9(12)6-8(11)5-4-7(2)10/h3,6-7H,1,4-5,11H2,2H3/b8-6-. The number of nitrogens with two attached hydrogens (primary N) is 1. The molecule has 0 saturated heterocycles. The number of carbonyl (C=O) groups is 1. The summed E-state index contributed by atoms with van der Waals surface area (Å²) in [5.41, 5.74) is 6.09. The van der Waals surface area contributed by atoms with Gasteiger partial charge in [0.25, 0.3) is 0 Å². The van der Waals surface area contributed by atoms with Gasteiger partial charge in [0.15, 0.2) is 5.78 Å². The van der Waals surface area contributed by atoms with Crippen molar-refractivity contribution in [2.45, 2.75) is 25.1 Å². The van der Waals surface area contributed by atoms with E-state index in [1.165, 1.54) is 12.2 Å². The molecule has 0 aliphatic heterocycles. The van der Waals surface area contributed by atoms with Gasteiger partial charge >= 0.3 is 0 Å². The Kier molecular flexibility index (Phi) is 5.47. The number of hydrogen-bond acceptors (Lipinski definition) is 2. The van der Waals surface area contributed by atoms with Crippen molar-refractivity contribution in [1.82, 2.24) is 0 Å². The topological polar surface area (TPSA) is 43.1 Å². The first kappa shape index (κ1) is 11.2. The number of alkyl halides is 1. The Morgan fingerprint density at radius 3 is 2.75 bits per heavy atom. The van der Waals surface area contributed by atoms with Crippen LogP contribution >= 0.6 is 11.6 Å². The summed E-state index contributed by atoms with van der Waals surface area (Å²) in [5.74, 6) is -0.158. The molecule has 0 saturated carbocycles. The predicted octanol–water partition coefficient (Wildman–Crippen LogP) is 1.99. The van der Waals surface area contributed by atoms with Gasteiger partial charge in [0.1, 0.15) is 0 Å². The van der Waals surface area contributed by atoms with Gasteiger partial charge in [0, 0.05) is 17.2 Å². The van der Waals surface area contributed by atoms with Crippen LogP contribution in [0.25, 0.3) is 0 Å². The van der Waals surface area contributed by atoms with Gasteiger partial charge in [-0.2, -0.15) is 0 Å². The molecule has 0 radical (unpaired) electrons. The van der Waals surface area contributed by atoms with Gasteiger partial charge in [0.05, 0.1) is 0 Å². The van der Waals surface area contributed by atoms with Crippen LogP contribution in [-0.4, -0.2) is 11.2 Å². The van der Waals surface area contributed by atoms with E-state index >= 15 is 0 Å². The number of allylic oxidation sites excluding steroid dienone is 3. The molecule has 0 aliphatic rings. The molecule has 0 aliphatic carbocycles. The van der Waals surface area contributed by atoms with Gasteiger partial charge in [-0.3, -0.25) is 4.79 Å². The quantitative estimate of drug-likeness (QED) is 0.529. The van der Waals surface area contributed by atoms with Crippen molar-refractivity contribution in [3.05, 3.63) is 24.4 Å². The lowest BCUT2D eigenvalue weighted by atomic mass is 10.2. The van der Waals surface area contributed by atoms with Crippen LogP contribution in [0.1, 0.15) is 19.8 Å². The van der Waals surface area contributed by atoms with E-state index in [1.807, 2.05) is 6.92 Å². The van der Waals surface area contributed by atoms with Crippen LogP contribution in [0.4, 0.5) is 0 Å². The van der Waals surface area contributed by atoms with Crippen LogP contribution in [0.3, 0.4) is 0 Å². The first-order chi connectivity index (χ1) is 5.56. The molecule has 0 heterocycles. The summed E-state index contributed by atoms with van der Waals surface area (Å²) in [6.45, 7) is 5.23. The average Bonchev–Trinajstić information content (AvgIpc) is 2.00. The zero-order valence-electron chi connectivity index (χ0n) is 7.22. The maximum atomic E-state index is 10.8. The molecule has 0 amide bonds. The molecular weight excluding hydrogens is 174 g/mol. The van der Waals surface area contributed by atoms with E-state index in [2.05, 4.69) is 6.58 Å². The van der Waals surface area contributed by atoms with E-state index in [9.17, 15) is 4.79 Å². The molecule has 0 fully saturated rings. The largest absolute Gasteiger partial charge is 0.402 e. The maximum Gasteiger partial charge on any atom is 0.179 e. The van der Waals surface area contributed by atoms with E-state index < -0.39 is 0 Å². The SMILES string of the molecule is C=CC(=O)/C=C(\N)CCC(C)Cl. The van der Waals surface area contributed by atoms with E-state index in [0.29, 0.717) is 12.1 Å². The highest BCUT2D eigenvalue weighted by molar-refractivity contribution is 6.20. The summed E-state index contributed by atoms with van der Waals surface area (Å²) < 4.78 is 0. The molecule has 0 bridgehead atoms. The Balaban J connectivity index is 3.85. The number of ketones is 1.